The van der Waals surface area contributed by atoms with Gasteiger partial charge in [-0.3, -0.25) is 9.89 Å². The summed E-state index contributed by atoms with van der Waals surface area (Å²) in [7, 11) is 0. The van der Waals surface area contributed by atoms with Crippen LogP contribution in [0.15, 0.2) is 42.5 Å². The van der Waals surface area contributed by atoms with Gasteiger partial charge in [0.05, 0.1) is 17.3 Å². The molecule has 0 aliphatic rings. The molecule has 0 radical (unpaired) electrons. The van der Waals surface area contributed by atoms with E-state index in [1.165, 1.54) is 30.3 Å². The van der Waals surface area contributed by atoms with Crippen molar-refractivity contribution in [2.75, 3.05) is 5.32 Å². The van der Waals surface area contributed by atoms with Crippen molar-refractivity contribution in [2.45, 2.75) is 6.42 Å². The number of carbonyl (C=O) groups excluding carboxylic acids is 1. The number of benzene rings is 2. The van der Waals surface area contributed by atoms with Gasteiger partial charge >= 0.3 is 0 Å². The van der Waals surface area contributed by atoms with Crippen LogP contribution in [0.4, 0.5) is 14.6 Å². The zero-order valence-electron chi connectivity index (χ0n) is 10.9. The molecule has 0 aliphatic carbocycles. The quantitative estimate of drug-likeness (QED) is 0.778. The number of anilines is 1. The van der Waals surface area contributed by atoms with Gasteiger partial charge in [0.1, 0.15) is 11.6 Å². The molecular formula is C15H11F2N3O. The number of H-pyrrole nitrogens is 1. The second-order valence-corrected chi connectivity index (χ2v) is 4.59. The summed E-state index contributed by atoms with van der Waals surface area (Å²) in [6.45, 7) is 0. The van der Waals surface area contributed by atoms with Crippen molar-refractivity contribution in [1.82, 2.24) is 10.2 Å². The SMILES string of the molecule is O=C(Cc1ccc(F)cc1)Nc1n[nH]c2cccc(F)c12. The van der Waals surface area contributed by atoms with Crippen LogP contribution >= 0.6 is 0 Å². The van der Waals surface area contributed by atoms with Crippen molar-refractivity contribution in [3.05, 3.63) is 59.7 Å². The first-order chi connectivity index (χ1) is 10.1. The fourth-order valence-corrected chi connectivity index (χ4v) is 2.08. The van der Waals surface area contributed by atoms with E-state index in [0.717, 1.165) is 0 Å². The predicted molar refractivity (Wildman–Crippen MR) is 74.8 cm³/mol. The van der Waals surface area contributed by atoms with Gasteiger partial charge < -0.3 is 5.32 Å². The highest BCUT2D eigenvalue weighted by atomic mass is 19.1. The molecule has 0 fully saturated rings. The molecule has 0 saturated carbocycles. The van der Waals surface area contributed by atoms with Crippen LogP contribution in [-0.4, -0.2) is 16.1 Å². The van der Waals surface area contributed by atoms with Gasteiger partial charge in [-0.05, 0) is 29.8 Å². The number of amides is 1. The molecule has 1 aromatic heterocycles. The molecule has 4 nitrogen and oxygen atoms in total. The lowest BCUT2D eigenvalue weighted by Gasteiger charge is -2.03. The van der Waals surface area contributed by atoms with Crippen LogP contribution in [0.5, 0.6) is 0 Å². The summed E-state index contributed by atoms with van der Waals surface area (Å²) in [4.78, 5) is 11.9. The average molecular weight is 287 g/mol. The van der Waals surface area contributed by atoms with E-state index >= 15 is 0 Å². The van der Waals surface area contributed by atoms with Crippen LogP contribution in [-0.2, 0) is 11.2 Å². The summed E-state index contributed by atoms with van der Waals surface area (Å²) in [6.07, 6.45) is 0.0586. The minimum atomic E-state index is -0.460. The fraction of sp³-hybridized carbons (Fsp3) is 0.0667. The molecule has 0 saturated heterocycles. The Morgan fingerprint density at radius 1 is 1.14 bits per heavy atom. The number of halogens is 2. The fourth-order valence-electron chi connectivity index (χ4n) is 2.08. The molecule has 2 N–H and O–H groups in total. The zero-order chi connectivity index (χ0) is 14.8. The maximum atomic E-state index is 13.7. The van der Waals surface area contributed by atoms with Crippen molar-refractivity contribution in [2.24, 2.45) is 0 Å². The highest BCUT2D eigenvalue weighted by Gasteiger charge is 2.13. The highest BCUT2D eigenvalue weighted by molar-refractivity contribution is 6.00. The minimum Gasteiger partial charge on any atom is -0.308 e. The molecule has 2 aromatic carbocycles. The largest absolute Gasteiger partial charge is 0.308 e. The number of aromatic amines is 1. The molecule has 0 aliphatic heterocycles. The van der Waals surface area contributed by atoms with Crippen molar-refractivity contribution < 1.29 is 13.6 Å². The number of nitrogens with one attached hydrogen (secondary N) is 2. The van der Waals surface area contributed by atoms with Gasteiger partial charge in [0.2, 0.25) is 5.91 Å². The number of rotatable bonds is 3. The Morgan fingerprint density at radius 3 is 2.67 bits per heavy atom. The van der Waals surface area contributed by atoms with Crippen LogP contribution in [0, 0.1) is 11.6 Å². The summed E-state index contributed by atoms with van der Waals surface area (Å²) in [5, 5.41) is 9.34. The van der Waals surface area contributed by atoms with Crippen LogP contribution in [0.25, 0.3) is 10.9 Å². The normalized spacial score (nSPS) is 10.8. The smallest absolute Gasteiger partial charge is 0.230 e. The Bertz CT molecular complexity index is 796. The monoisotopic (exact) mass is 287 g/mol. The molecule has 0 atom stereocenters. The molecule has 21 heavy (non-hydrogen) atoms. The first-order valence-electron chi connectivity index (χ1n) is 6.30. The third-order valence-corrected chi connectivity index (χ3v) is 3.07. The third kappa shape index (κ3) is 2.74. The molecule has 6 heteroatoms. The average Bonchev–Trinajstić information content (AvgIpc) is 2.86. The summed E-state index contributed by atoms with van der Waals surface area (Å²) in [5.74, 6) is -1.02. The van der Waals surface area contributed by atoms with E-state index in [1.54, 1.807) is 12.1 Å². The summed E-state index contributed by atoms with van der Waals surface area (Å²) >= 11 is 0. The molecule has 3 rings (SSSR count). The Hall–Kier alpha value is -2.76. The minimum absolute atomic E-state index is 0.0586. The molecule has 0 bridgehead atoms. The molecule has 0 unspecified atom stereocenters. The van der Waals surface area contributed by atoms with Crippen molar-refractivity contribution in [1.29, 1.82) is 0 Å². The first kappa shape index (κ1) is 13.2. The highest BCUT2D eigenvalue weighted by Crippen LogP contribution is 2.23. The number of nitrogens with zero attached hydrogens (tertiary/aromatic N) is 1. The van der Waals surface area contributed by atoms with Crippen LogP contribution < -0.4 is 5.32 Å². The number of aromatic nitrogens is 2. The van der Waals surface area contributed by atoms with E-state index in [4.69, 9.17) is 0 Å². The van der Waals surface area contributed by atoms with Crippen molar-refractivity contribution in [3.8, 4) is 0 Å². The van der Waals surface area contributed by atoms with E-state index in [0.29, 0.717) is 11.1 Å². The van der Waals surface area contributed by atoms with Crippen LogP contribution in [0.3, 0.4) is 0 Å². The molecule has 106 valence electrons. The topological polar surface area (TPSA) is 57.8 Å². The van der Waals surface area contributed by atoms with Gasteiger partial charge in [0.15, 0.2) is 5.82 Å². The van der Waals surface area contributed by atoms with Gasteiger partial charge in [-0.1, -0.05) is 18.2 Å². The first-order valence-corrected chi connectivity index (χ1v) is 6.30. The Kier molecular flexibility index (Phi) is 3.35. The van der Waals surface area contributed by atoms with Gasteiger partial charge in [0, 0.05) is 0 Å². The van der Waals surface area contributed by atoms with Crippen LogP contribution in [0.2, 0.25) is 0 Å². The van der Waals surface area contributed by atoms with Crippen LogP contribution in [0.1, 0.15) is 5.56 Å². The Morgan fingerprint density at radius 2 is 1.90 bits per heavy atom. The maximum Gasteiger partial charge on any atom is 0.230 e. The van der Waals surface area contributed by atoms with E-state index in [1.807, 2.05) is 0 Å². The molecular weight excluding hydrogens is 276 g/mol. The van der Waals surface area contributed by atoms with Crippen molar-refractivity contribution in [3.63, 3.8) is 0 Å². The lowest BCUT2D eigenvalue weighted by Crippen LogP contribution is -2.15. The maximum absolute atomic E-state index is 13.7. The Labute approximate surface area is 118 Å². The number of carbonyl (C=O) groups is 1. The van der Waals surface area contributed by atoms with Crippen molar-refractivity contribution >= 4 is 22.6 Å². The molecule has 3 aromatic rings. The standard InChI is InChI=1S/C15H11F2N3O/c16-10-6-4-9(5-7-10)8-13(21)18-15-14-11(17)2-1-3-12(14)19-20-15/h1-7H,8H2,(H2,18,19,20,21). The summed E-state index contributed by atoms with van der Waals surface area (Å²) in [5.41, 5.74) is 1.17. The van der Waals surface area contributed by atoms with Gasteiger partial charge in [0.25, 0.3) is 0 Å². The lowest BCUT2D eigenvalue weighted by atomic mass is 10.1. The second-order valence-electron chi connectivity index (χ2n) is 4.59. The number of hydrogen-bond donors (Lipinski definition) is 2. The van der Waals surface area contributed by atoms with E-state index in [2.05, 4.69) is 15.5 Å². The molecule has 1 amide bonds. The van der Waals surface area contributed by atoms with Gasteiger partial charge in [-0.25, -0.2) is 8.78 Å². The lowest BCUT2D eigenvalue weighted by molar-refractivity contribution is -0.115. The number of fused-ring (bicyclic) bond motifs is 1. The number of hydrogen-bond acceptors (Lipinski definition) is 2. The third-order valence-electron chi connectivity index (χ3n) is 3.07. The van der Waals surface area contributed by atoms with E-state index in [9.17, 15) is 13.6 Å². The van der Waals surface area contributed by atoms with E-state index < -0.39 is 5.82 Å². The predicted octanol–water partition coefficient (Wildman–Crippen LogP) is 3.02. The molecule has 0 spiro atoms. The second kappa shape index (κ2) is 5.32. The van der Waals surface area contributed by atoms with E-state index in [-0.39, 0.29) is 29.3 Å². The zero-order valence-corrected chi connectivity index (χ0v) is 10.9. The van der Waals surface area contributed by atoms with Gasteiger partial charge in [-0.2, -0.15) is 5.10 Å². The summed E-state index contributed by atoms with van der Waals surface area (Å²) in [6, 6.07) is 10.1. The molecule has 1 heterocycles. The Balaban J connectivity index is 1.79. The summed E-state index contributed by atoms with van der Waals surface area (Å²) < 4.78 is 26.5. The van der Waals surface area contributed by atoms with Gasteiger partial charge in [-0.15, -0.1) is 0 Å².